The predicted octanol–water partition coefficient (Wildman–Crippen LogP) is 3.54. The first-order valence-electron chi connectivity index (χ1n) is 9.31. The summed E-state index contributed by atoms with van der Waals surface area (Å²) >= 11 is 0. The van der Waals surface area contributed by atoms with Gasteiger partial charge in [0.25, 0.3) is 0 Å². The maximum atomic E-state index is 9.41. The second-order valence-electron chi connectivity index (χ2n) is 6.65. The minimum absolute atomic E-state index is 0.173. The second kappa shape index (κ2) is 8.76. The number of aryl methyl sites for hydroxylation is 1. The molecule has 0 aliphatic carbocycles. The van der Waals surface area contributed by atoms with Crippen LogP contribution in [0.15, 0.2) is 36.8 Å². The third-order valence-electron chi connectivity index (χ3n) is 4.55. The summed E-state index contributed by atoms with van der Waals surface area (Å²) in [5.41, 5.74) is 3.13. The Morgan fingerprint density at radius 2 is 1.96 bits per heavy atom. The van der Waals surface area contributed by atoms with E-state index in [1.165, 1.54) is 5.56 Å². The monoisotopic (exact) mass is 353 g/mol. The number of nitrogens with zero attached hydrogens (tertiary/aromatic N) is 4. The SMILES string of the molecule is CCCCC(CCO)Nc1nc(C)nc2ccn(Cc3ccncc3)c12. The summed E-state index contributed by atoms with van der Waals surface area (Å²) < 4.78 is 2.17. The highest BCUT2D eigenvalue weighted by Gasteiger charge is 2.15. The lowest BCUT2D eigenvalue weighted by molar-refractivity contribution is 0.276. The van der Waals surface area contributed by atoms with Gasteiger partial charge >= 0.3 is 0 Å². The molecule has 0 amide bonds. The highest BCUT2D eigenvalue weighted by Crippen LogP contribution is 2.24. The first-order chi connectivity index (χ1) is 12.7. The number of hydrogen-bond donors (Lipinski definition) is 2. The Morgan fingerprint density at radius 1 is 1.15 bits per heavy atom. The standard InChI is InChI=1S/C20H27N5O/c1-3-4-5-17(9-13-26)24-20-19-18(22-15(2)23-20)8-12-25(19)14-16-6-10-21-11-7-16/h6-8,10-12,17,26H,3-5,9,13-14H2,1-2H3,(H,22,23,24). The summed E-state index contributed by atoms with van der Waals surface area (Å²) in [6.45, 7) is 5.01. The van der Waals surface area contributed by atoms with E-state index >= 15 is 0 Å². The van der Waals surface area contributed by atoms with E-state index in [1.807, 2.05) is 37.5 Å². The highest BCUT2D eigenvalue weighted by atomic mass is 16.3. The van der Waals surface area contributed by atoms with Crippen LogP contribution in [0.1, 0.15) is 44.0 Å². The topological polar surface area (TPSA) is 75.9 Å². The lowest BCUT2D eigenvalue weighted by Crippen LogP contribution is -2.22. The molecular weight excluding hydrogens is 326 g/mol. The largest absolute Gasteiger partial charge is 0.396 e. The summed E-state index contributed by atoms with van der Waals surface area (Å²) in [5, 5.41) is 13.0. The van der Waals surface area contributed by atoms with Gasteiger partial charge in [-0.2, -0.15) is 0 Å². The highest BCUT2D eigenvalue weighted by molar-refractivity contribution is 5.86. The van der Waals surface area contributed by atoms with E-state index in [9.17, 15) is 5.11 Å². The van der Waals surface area contributed by atoms with Crippen molar-refractivity contribution in [2.45, 2.75) is 52.1 Å². The number of aliphatic hydroxyl groups is 1. The van der Waals surface area contributed by atoms with Crippen LogP contribution in [0.5, 0.6) is 0 Å². The fourth-order valence-electron chi connectivity index (χ4n) is 3.23. The fraction of sp³-hybridized carbons (Fsp3) is 0.450. The van der Waals surface area contributed by atoms with Gasteiger partial charge in [0.15, 0.2) is 5.82 Å². The normalized spacial score (nSPS) is 12.4. The first-order valence-corrected chi connectivity index (χ1v) is 9.31. The number of nitrogens with one attached hydrogen (secondary N) is 1. The predicted molar refractivity (Wildman–Crippen MR) is 104 cm³/mol. The van der Waals surface area contributed by atoms with Crippen molar-refractivity contribution in [3.05, 3.63) is 48.2 Å². The Kier molecular flexibility index (Phi) is 6.17. The van der Waals surface area contributed by atoms with E-state index in [0.29, 0.717) is 0 Å². The zero-order valence-corrected chi connectivity index (χ0v) is 15.5. The van der Waals surface area contributed by atoms with Crippen LogP contribution >= 0.6 is 0 Å². The molecule has 3 rings (SSSR count). The van der Waals surface area contributed by atoms with E-state index in [4.69, 9.17) is 0 Å². The number of aliphatic hydroxyl groups excluding tert-OH is 1. The quantitative estimate of drug-likeness (QED) is 0.615. The average molecular weight is 353 g/mol. The van der Waals surface area contributed by atoms with Crippen LogP contribution in [-0.4, -0.2) is 37.3 Å². The van der Waals surface area contributed by atoms with E-state index in [1.54, 1.807) is 0 Å². The fourth-order valence-corrected chi connectivity index (χ4v) is 3.23. The molecule has 0 aromatic carbocycles. The van der Waals surface area contributed by atoms with E-state index in [-0.39, 0.29) is 12.6 Å². The Labute approximate surface area is 154 Å². The molecule has 26 heavy (non-hydrogen) atoms. The van der Waals surface area contributed by atoms with Crippen LogP contribution in [0.2, 0.25) is 0 Å². The van der Waals surface area contributed by atoms with E-state index < -0.39 is 0 Å². The van der Waals surface area contributed by atoms with Crippen LogP contribution < -0.4 is 5.32 Å². The van der Waals surface area contributed by atoms with Gasteiger partial charge in [0.1, 0.15) is 11.3 Å². The van der Waals surface area contributed by atoms with Gasteiger partial charge in [-0.15, -0.1) is 0 Å². The summed E-state index contributed by atoms with van der Waals surface area (Å²) in [5.74, 6) is 1.60. The third-order valence-corrected chi connectivity index (χ3v) is 4.55. The number of unbranched alkanes of at least 4 members (excludes halogenated alkanes) is 1. The number of fused-ring (bicyclic) bond motifs is 1. The molecule has 0 saturated heterocycles. The van der Waals surface area contributed by atoms with E-state index in [0.717, 1.165) is 54.9 Å². The first kappa shape index (κ1) is 18.3. The van der Waals surface area contributed by atoms with Crippen LogP contribution in [0.25, 0.3) is 11.0 Å². The number of pyridine rings is 1. The molecule has 1 unspecified atom stereocenters. The van der Waals surface area contributed by atoms with Crippen molar-refractivity contribution in [2.75, 3.05) is 11.9 Å². The molecule has 0 aliphatic rings. The van der Waals surface area contributed by atoms with Crippen LogP contribution in [0.4, 0.5) is 5.82 Å². The lowest BCUT2D eigenvalue weighted by Gasteiger charge is -2.20. The Balaban J connectivity index is 1.93. The molecular formula is C20H27N5O. The number of rotatable bonds is 9. The molecule has 6 heteroatoms. The molecule has 1 atom stereocenters. The van der Waals surface area contributed by atoms with Crippen molar-refractivity contribution in [1.29, 1.82) is 0 Å². The van der Waals surface area contributed by atoms with Crippen molar-refractivity contribution in [3.8, 4) is 0 Å². The average Bonchev–Trinajstić information content (AvgIpc) is 3.03. The van der Waals surface area contributed by atoms with Crippen LogP contribution in [0.3, 0.4) is 0 Å². The van der Waals surface area contributed by atoms with Gasteiger partial charge in [-0.1, -0.05) is 19.8 Å². The summed E-state index contributed by atoms with van der Waals surface area (Å²) in [4.78, 5) is 13.3. The van der Waals surface area contributed by atoms with E-state index in [2.05, 4.69) is 38.0 Å². The van der Waals surface area contributed by atoms with Gasteiger partial charge in [0.05, 0.1) is 5.52 Å². The minimum Gasteiger partial charge on any atom is -0.396 e. The molecule has 138 valence electrons. The van der Waals surface area contributed by atoms with Crippen molar-refractivity contribution >= 4 is 16.9 Å². The Morgan fingerprint density at radius 3 is 2.69 bits per heavy atom. The molecule has 2 N–H and O–H groups in total. The summed E-state index contributed by atoms with van der Waals surface area (Å²) in [7, 11) is 0. The minimum atomic E-state index is 0.173. The zero-order valence-electron chi connectivity index (χ0n) is 15.5. The molecule has 3 aromatic heterocycles. The molecule has 0 spiro atoms. The molecule has 3 aromatic rings. The number of anilines is 1. The van der Waals surface area contributed by atoms with Gasteiger partial charge in [-0.25, -0.2) is 9.97 Å². The van der Waals surface area contributed by atoms with Gasteiger partial charge in [0, 0.05) is 37.8 Å². The Bertz CT molecular complexity index is 831. The summed E-state index contributed by atoms with van der Waals surface area (Å²) in [6, 6.07) is 6.28. The molecule has 0 bridgehead atoms. The molecule has 0 aliphatic heterocycles. The maximum Gasteiger partial charge on any atom is 0.154 e. The lowest BCUT2D eigenvalue weighted by atomic mass is 10.1. The summed E-state index contributed by atoms with van der Waals surface area (Å²) in [6.07, 6.45) is 9.68. The van der Waals surface area contributed by atoms with Crippen molar-refractivity contribution < 1.29 is 5.11 Å². The van der Waals surface area contributed by atoms with Gasteiger partial charge in [-0.05, 0) is 43.5 Å². The number of aromatic nitrogens is 4. The molecule has 3 heterocycles. The smallest absolute Gasteiger partial charge is 0.154 e. The van der Waals surface area contributed by atoms with Crippen LogP contribution in [0, 0.1) is 6.92 Å². The molecule has 0 saturated carbocycles. The maximum absolute atomic E-state index is 9.41. The second-order valence-corrected chi connectivity index (χ2v) is 6.65. The van der Waals surface area contributed by atoms with Crippen molar-refractivity contribution in [1.82, 2.24) is 19.5 Å². The molecule has 0 fully saturated rings. The molecule has 0 radical (unpaired) electrons. The van der Waals surface area contributed by atoms with Gasteiger partial charge in [-0.3, -0.25) is 4.98 Å². The number of hydrogen-bond acceptors (Lipinski definition) is 5. The van der Waals surface area contributed by atoms with Crippen molar-refractivity contribution in [2.24, 2.45) is 0 Å². The van der Waals surface area contributed by atoms with Crippen molar-refractivity contribution in [3.63, 3.8) is 0 Å². The zero-order chi connectivity index (χ0) is 18.4. The van der Waals surface area contributed by atoms with Gasteiger partial charge < -0.3 is 15.0 Å². The molecule has 6 nitrogen and oxygen atoms in total. The Hall–Kier alpha value is -2.47. The van der Waals surface area contributed by atoms with Gasteiger partial charge in [0.2, 0.25) is 0 Å². The van der Waals surface area contributed by atoms with Crippen LogP contribution in [-0.2, 0) is 6.54 Å². The third kappa shape index (κ3) is 4.38.